The van der Waals surface area contributed by atoms with Gasteiger partial charge in [0.1, 0.15) is 0 Å². The lowest BCUT2D eigenvalue weighted by atomic mass is 9.93. The van der Waals surface area contributed by atoms with Crippen molar-refractivity contribution in [3.63, 3.8) is 0 Å². The summed E-state index contributed by atoms with van der Waals surface area (Å²) in [6.45, 7) is 3.98. The second kappa shape index (κ2) is 6.06. The zero-order valence-electron chi connectivity index (χ0n) is 11.5. The average molecular weight is 261 g/mol. The highest BCUT2D eigenvalue weighted by atomic mass is 16.1. The molecule has 1 aromatic rings. The summed E-state index contributed by atoms with van der Waals surface area (Å²) >= 11 is 0. The molecule has 1 atom stereocenters. The number of hydrogen-bond donors (Lipinski definition) is 2. The van der Waals surface area contributed by atoms with E-state index in [0.717, 1.165) is 31.5 Å². The molecule has 0 saturated carbocycles. The van der Waals surface area contributed by atoms with Crippen LogP contribution in [0, 0.1) is 5.92 Å². The number of rotatable bonds is 4. The van der Waals surface area contributed by atoms with E-state index in [1.54, 1.807) is 0 Å². The molecular weight excluding hydrogens is 238 g/mol. The van der Waals surface area contributed by atoms with Crippen LogP contribution < -0.4 is 16.4 Å². The SMILES string of the molecule is C[C@H](N)c1ccc(N2CCC(CC(N)=O)CC2)cc1. The van der Waals surface area contributed by atoms with Crippen LogP contribution in [0.5, 0.6) is 0 Å². The molecule has 1 aromatic carbocycles. The molecule has 104 valence electrons. The van der Waals surface area contributed by atoms with Gasteiger partial charge < -0.3 is 16.4 Å². The molecule has 0 spiro atoms. The summed E-state index contributed by atoms with van der Waals surface area (Å²) in [7, 11) is 0. The zero-order chi connectivity index (χ0) is 13.8. The normalized spacial score (nSPS) is 18.3. The molecule has 0 bridgehead atoms. The molecule has 4 N–H and O–H groups in total. The number of nitrogens with two attached hydrogens (primary N) is 2. The van der Waals surface area contributed by atoms with E-state index in [0.29, 0.717) is 12.3 Å². The van der Waals surface area contributed by atoms with Gasteiger partial charge in [-0.3, -0.25) is 4.79 Å². The molecular formula is C15H23N3O. The van der Waals surface area contributed by atoms with Crippen molar-refractivity contribution < 1.29 is 4.79 Å². The Morgan fingerprint density at radius 3 is 2.37 bits per heavy atom. The minimum Gasteiger partial charge on any atom is -0.372 e. The van der Waals surface area contributed by atoms with Gasteiger partial charge in [0, 0.05) is 31.2 Å². The lowest BCUT2D eigenvalue weighted by Gasteiger charge is -2.33. The largest absolute Gasteiger partial charge is 0.372 e. The number of carbonyl (C=O) groups excluding carboxylic acids is 1. The van der Waals surface area contributed by atoms with Crippen LogP contribution in [-0.2, 0) is 4.79 Å². The Bertz CT molecular complexity index is 420. The molecule has 1 fully saturated rings. The molecule has 0 unspecified atom stereocenters. The standard InChI is InChI=1S/C15H23N3O/c1-11(16)13-2-4-14(5-3-13)18-8-6-12(7-9-18)10-15(17)19/h2-5,11-12H,6-10,16H2,1H3,(H2,17,19)/t11-/m0/s1. The minimum absolute atomic E-state index is 0.0790. The summed E-state index contributed by atoms with van der Waals surface area (Å²) in [6.07, 6.45) is 2.60. The smallest absolute Gasteiger partial charge is 0.217 e. The second-order valence-corrected chi connectivity index (χ2v) is 5.48. The van der Waals surface area contributed by atoms with Crippen LogP contribution in [0.4, 0.5) is 5.69 Å². The summed E-state index contributed by atoms with van der Waals surface area (Å²) < 4.78 is 0. The highest BCUT2D eigenvalue weighted by Gasteiger charge is 2.20. The first-order valence-corrected chi connectivity index (χ1v) is 6.95. The number of anilines is 1. The van der Waals surface area contributed by atoms with Crippen LogP contribution in [0.1, 0.15) is 37.8 Å². The number of nitrogens with zero attached hydrogens (tertiary/aromatic N) is 1. The van der Waals surface area contributed by atoms with E-state index in [4.69, 9.17) is 11.5 Å². The number of piperidine rings is 1. The van der Waals surface area contributed by atoms with Gasteiger partial charge in [-0.2, -0.15) is 0 Å². The number of amides is 1. The molecule has 0 radical (unpaired) electrons. The van der Waals surface area contributed by atoms with Crippen molar-refractivity contribution in [1.82, 2.24) is 0 Å². The van der Waals surface area contributed by atoms with Gasteiger partial charge in [-0.1, -0.05) is 12.1 Å². The van der Waals surface area contributed by atoms with Crippen molar-refractivity contribution in [3.05, 3.63) is 29.8 Å². The van der Waals surface area contributed by atoms with Crippen molar-refractivity contribution in [2.24, 2.45) is 17.4 Å². The molecule has 1 amide bonds. The first-order valence-electron chi connectivity index (χ1n) is 6.95. The fourth-order valence-corrected chi connectivity index (χ4v) is 2.67. The minimum atomic E-state index is -0.181. The zero-order valence-corrected chi connectivity index (χ0v) is 11.5. The van der Waals surface area contributed by atoms with E-state index in [-0.39, 0.29) is 11.9 Å². The van der Waals surface area contributed by atoms with Gasteiger partial charge in [-0.05, 0) is 43.4 Å². The molecule has 1 saturated heterocycles. The molecule has 1 heterocycles. The highest BCUT2D eigenvalue weighted by molar-refractivity contribution is 5.74. The van der Waals surface area contributed by atoms with E-state index >= 15 is 0 Å². The molecule has 2 rings (SSSR count). The van der Waals surface area contributed by atoms with Crippen molar-refractivity contribution in [3.8, 4) is 0 Å². The topological polar surface area (TPSA) is 72.3 Å². The molecule has 0 aromatic heterocycles. The van der Waals surface area contributed by atoms with Crippen molar-refractivity contribution in [2.75, 3.05) is 18.0 Å². The van der Waals surface area contributed by atoms with Crippen LogP contribution in [-0.4, -0.2) is 19.0 Å². The fraction of sp³-hybridized carbons (Fsp3) is 0.533. The van der Waals surface area contributed by atoms with E-state index in [1.807, 2.05) is 6.92 Å². The van der Waals surface area contributed by atoms with E-state index in [9.17, 15) is 4.79 Å². The molecule has 19 heavy (non-hydrogen) atoms. The maximum absolute atomic E-state index is 10.9. The predicted molar refractivity (Wildman–Crippen MR) is 77.8 cm³/mol. The van der Waals surface area contributed by atoms with Gasteiger partial charge in [0.2, 0.25) is 5.91 Å². The van der Waals surface area contributed by atoms with Crippen LogP contribution in [0.15, 0.2) is 24.3 Å². The Kier molecular flexibility index (Phi) is 4.43. The van der Waals surface area contributed by atoms with Crippen LogP contribution in [0.25, 0.3) is 0 Å². The quantitative estimate of drug-likeness (QED) is 0.868. The van der Waals surface area contributed by atoms with Crippen LogP contribution in [0.3, 0.4) is 0 Å². The third kappa shape index (κ3) is 3.70. The Labute approximate surface area is 114 Å². The first kappa shape index (κ1) is 13.9. The lowest BCUT2D eigenvalue weighted by Crippen LogP contribution is -2.35. The van der Waals surface area contributed by atoms with Crippen molar-refractivity contribution in [1.29, 1.82) is 0 Å². The number of hydrogen-bond acceptors (Lipinski definition) is 3. The number of primary amides is 1. The summed E-state index contributed by atoms with van der Waals surface area (Å²) in [6, 6.07) is 8.53. The third-order valence-corrected chi connectivity index (χ3v) is 3.89. The van der Waals surface area contributed by atoms with E-state index < -0.39 is 0 Å². The molecule has 4 heteroatoms. The summed E-state index contributed by atoms with van der Waals surface area (Å²) in [4.78, 5) is 13.3. The van der Waals surface area contributed by atoms with Gasteiger partial charge in [-0.25, -0.2) is 0 Å². The van der Waals surface area contributed by atoms with Crippen LogP contribution >= 0.6 is 0 Å². The van der Waals surface area contributed by atoms with Gasteiger partial charge >= 0.3 is 0 Å². The monoisotopic (exact) mass is 261 g/mol. The van der Waals surface area contributed by atoms with Gasteiger partial charge in [-0.15, -0.1) is 0 Å². The van der Waals surface area contributed by atoms with Gasteiger partial charge in [0.15, 0.2) is 0 Å². The third-order valence-electron chi connectivity index (χ3n) is 3.89. The molecule has 4 nitrogen and oxygen atoms in total. The lowest BCUT2D eigenvalue weighted by molar-refractivity contribution is -0.119. The number of benzene rings is 1. The first-order chi connectivity index (χ1) is 9.06. The summed E-state index contributed by atoms with van der Waals surface area (Å²) in [5, 5.41) is 0. The highest BCUT2D eigenvalue weighted by Crippen LogP contribution is 2.25. The van der Waals surface area contributed by atoms with Crippen molar-refractivity contribution in [2.45, 2.75) is 32.2 Å². The van der Waals surface area contributed by atoms with Gasteiger partial charge in [0.25, 0.3) is 0 Å². The fourth-order valence-electron chi connectivity index (χ4n) is 2.67. The second-order valence-electron chi connectivity index (χ2n) is 5.48. The van der Waals surface area contributed by atoms with Crippen LogP contribution in [0.2, 0.25) is 0 Å². The Morgan fingerprint density at radius 2 is 1.89 bits per heavy atom. The van der Waals surface area contributed by atoms with Gasteiger partial charge in [0.05, 0.1) is 0 Å². The summed E-state index contributed by atoms with van der Waals surface area (Å²) in [5.41, 5.74) is 13.5. The Balaban J connectivity index is 1.92. The Hall–Kier alpha value is -1.55. The maximum Gasteiger partial charge on any atom is 0.217 e. The average Bonchev–Trinajstić information content (AvgIpc) is 2.39. The molecule has 1 aliphatic rings. The Morgan fingerprint density at radius 1 is 1.32 bits per heavy atom. The predicted octanol–water partition coefficient (Wildman–Crippen LogP) is 1.80. The van der Waals surface area contributed by atoms with E-state index in [2.05, 4.69) is 29.2 Å². The maximum atomic E-state index is 10.9. The van der Waals surface area contributed by atoms with Crippen molar-refractivity contribution >= 4 is 11.6 Å². The summed E-state index contributed by atoms with van der Waals surface area (Å²) in [5.74, 6) is 0.275. The van der Waals surface area contributed by atoms with E-state index in [1.165, 1.54) is 5.69 Å². The molecule has 0 aliphatic carbocycles. The molecule has 1 aliphatic heterocycles. The number of carbonyl (C=O) groups is 1.